The number of aryl methyl sites for hydroxylation is 1. The molecule has 0 amide bonds. The fourth-order valence-corrected chi connectivity index (χ4v) is 1.25. The number of methoxy groups -OCH3 is 1. The summed E-state index contributed by atoms with van der Waals surface area (Å²) in [5.74, 6) is 0.286. The molecule has 1 aromatic heterocycles. The second-order valence-electron chi connectivity index (χ2n) is 2.80. The smallest absolute Gasteiger partial charge is 0.340 e. The number of hydrogen-bond acceptors (Lipinski definition) is 3. The lowest BCUT2D eigenvalue weighted by atomic mass is 10.2. The van der Waals surface area contributed by atoms with Crippen LogP contribution in [0.15, 0.2) is 6.07 Å². The molecule has 4 nitrogen and oxygen atoms in total. The van der Waals surface area contributed by atoms with Crippen LogP contribution in [-0.4, -0.2) is 24.7 Å². The van der Waals surface area contributed by atoms with Gasteiger partial charge in [-0.2, -0.15) is 0 Å². The number of hydrogen-bond donors (Lipinski definition) is 1. The summed E-state index contributed by atoms with van der Waals surface area (Å²) in [5.41, 5.74) is 1.41. The summed E-state index contributed by atoms with van der Waals surface area (Å²) in [5, 5.41) is 0. The zero-order valence-electron chi connectivity index (χ0n) is 8.72. The maximum atomic E-state index is 11.5. The van der Waals surface area contributed by atoms with Gasteiger partial charge in [0.15, 0.2) is 5.88 Å². The van der Waals surface area contributed by atoms with E-state index < -0.39 is 0 Å². The van der Waals surface area contributed by atoms with Crippen LogP contribution in [0.4, 0.5) is 0 Å². The van der Waals surface area contributed by atoms with Crippen LogP contribution in [0.3, 0.4) is 0 Å². The number of ether oxygens (including phenoxy) is 2. The van der Waals surface area contributed by atoms with E-state index >= 15 is 0 Å². The molecule has 1 aromatic rings. The van der Waals surface area contributed by atoms with Gasteiger partial charge in [0.05, 0.1) is 19.3 Å². The van der Waals surface area contributed by atoms with E-state index in [1.807, 2.05) is 6.92 Å². The zero-order valence-corrected chi connectivity index (χ0v) is 8.72. The normalized spacial score (nSPS) is 9.93. The molecule has 0 aliphatic heterocycles. The first kappa shape index (κ1) is 10.6. The van der Waals surface area contributed by atoms with Gasteiger partial charge >= 0.3 is 5.97 Å². The van der Waals surface area contributed by atoms with E-state index in [1.54, 1.807) is 20.1 Å². The highest BCUT2D eigenvalue weighted by atomic mass is 16.5. The van der Waals surface area contributed by atoms with Crippen molar-refractivity contribution in [3.63, 3.8) is 0 Å². The summed E-state index contributed by atoms with van der Waals surface area (Å²) in [4.78, 5) is 14.5. The second kappa shape index (κ2) is 4.69. The van der Waals surface area contributed by atoms with Gasteiger partial charge < -0.3 is 14.5 Å². The molecule has 78 valence electrons. The number of carbonyl (C=O) groups is 1. The van der Waals surface area contributed by atoms with Gasteiger partial charge in [0, 0.05) is 11.8 Å². The number of esters is 1. The molecule has 14 heavy (non-hydrogen) atoms. The van der Waals surface area contributed by atoms with Crippen molar-refractivity contribution in [3.8, 4) is 5.88 Å². The Balaban J connectivity index is 2.93. The average Bonchev–Trinajstić information content (AvgIpc) is 2.61. The number of aromatic amines is 1. The molecule has 0 saturated heterocycles. The molecule has 1 rings (SSSR count). The fraction of sp³-hybridized carbons (Fsp3) is 0.500. The summed E-state index contributed by atoms with van der Waals surface area (Å²) in [6.45, 7) is 4.14. The minimum Gasteiger partial charge on any atom is -0.482 e. The number of rotatable bonds is 4. The van der Waals surface area contributed by atoms with Gasteiger partial charge in [-0.15, -0.1) is 0 Å². The SMILES string of the molecule is CCOC(=O)c1cc(OC)[nH]c1CC. The first-order chi connectivity index (χ1) is 6.72. The fourth-order valence-electron chi connectivity index (χ4n) is 1.25. The summed E-state index contributed by atoms with van der Waals surface area (Å²) >= 11 is 0. The number of nitrogens with one attached hydrogen (secondary N) is 1. The molecule has 0 aliphatic carbocycles. The van der Waals surface area contributed by atoms with Crippen LogP contribution in [0.1, 0.15) is 29.9 Å². The molecule has 0 spiro atoms. The van der Waals surface area contributed by atoms with Crippen molar-refractivity contribution < 1.29 is 14.3 Å². The molecule has 1 heterocycles. The van der Waals surface area contributed by atoms with E-state index in [4.69, 9.17) is 9.47 Å². The lowest BCUT2D eigenvalue weighted by Crippen LogP contribution is -2.05. The number of aromatic nitrogens is 1. The second-order valence-corrected chi connectivity index (χ2v) is 2.80. The quantitative estimate of drug-likeness (QED) is 0.748. The van der Waals surface area contributed by atoms with Crippen molar-refractivity contribution in [1.82, 2.24) is 4.98 Å². The van der Waals surface area contributed by atoms with Gasteiger partial charge in [-0.1, -0.05) is 6.92 Å². The summed E-state index contributed by atoms with van der Waals surface area (Å²) in [6.07, 6.45) is 0.748. The summed E-state index contributed by atoms with van der Waals surface area (Å²) in [7, 11) is 1.56. The van der Waals surface area contributed by atoms with Crippen LogP contribution in [0.5, 0.6) is 5.88 Å². The topological polar surface area (TPSA) is 51.3 Å². The molecule has 0 bridgehead atoms. The lowest BCUT2D eigenvalue weighted by Gasteiger charge is -2.00. The van der Waals surface area contributed by atoms with E-state index in [1.165, 1.54) is 0 Å². The van der Waals surface area contributed by atoms with Gasteiger partial charge in [0.25, 0.3) is 0 Å². The van der Waals surface area contributed by atoms with Crippen LogP contribution in [0.2, 0.25) is 0 Å². The van der Waals surface area contributed by atoms with Crippen molar-refractivity contribution in [2.75, 3.05) is 13.7 Å². The van der Waals surface area contributed by atoms with Gasteiger partial charge in [-0.3, -0.25) is 0 Å². The molecule has 4 heteroatoms. The third-order valence-corrected chi connectivity index (χ3v) is 1.94. The lowest BCUT2D eigenvalue weighted by molar-refractivity contribution is 0.0525. The third-order valence-electron chi connectivity index (χ3n) is 1.94. The highest BCUT2D eigenvalue weighted by molar-refractivity contribution is 5.91. The number of carbonyl (C=O) groups excluding carboxylic acids is 1. The van der Waals surface area contributed by atoms with Gasteiger partial charge in [0.1, 0.15) is 0 Å². The van der Waals surface area contributed by atoms with E-state index in [0.29, 0.717) is 18.1 Å². The maximum Gasteiger partial charge on any atom is 0.340 e. The molecule has 0 fully saturated rings. The Hall–Kier alpha value is -1.45. The highest BCUT2D eigenvalue weighted by Crippen LogP contribution is 2.18. The molecular formula is C10H15NO3. The molecule has 0 atom stereocenters. The predicted octanol–water partition coefficient (Wildman–Crippen LogP) is 1.76. The largest absolute Gasteiger partial charge is 0.482 e. The molecule has 0 radical (unpaired) electrons. The minimum absolute atomic E-state index is 0.302. The van der Waals surface area contributed by atoms with Crippen molar-refractivity contribution >= 4 is 5.97 Å². The Morgan fingerprint density at radius 1 is 1.50 bits per heavy atom. The average molecular weight is 197 g/mol. The predicted molar refractivity (Wildman–Crippen MR) is 52.7 cm³/mol. The van der Waals surface area contributed by atoms with E-state index in [2.05, 4.69) is 4.98 Å². The van der Waals surface area contributed by atoms with Crippen molar-refractivity contribution in [2.45, 2.75) is 20.3 Å². The molecular weight excluding hydrogens is 182 g/mol. The van der Waals surface area contributed by atoms with Crippen molar-refractivity contribution in [2.24, 2.45) is 0 Å². The van der Waals surface area contributed by atoms with Crippen LogP contribution in [0, 0.1) is 0 Å². The Bertz CT molecular complexity index is 317. The van der Waals surface area contributed by atoms with Gasteiger partial charge in [-0.25, -0.2) is 4.79 Å². The van der Waals surface area contributed by atoms with E-state index in [9.17, 15) is 4.79 Å². The Morgan fingerprint density at radius 3 is 2.71 bits per heavy atom. The maximum absolute atomic E-state index is 11.5. The van der Waals surface area contributed by atoms with Crippen LogP contribution in [-0.2, 0) is 11.2 Å². The molecule has 0 aromatic carbocycles. The van der Waals surface area contributed by atoms with Gasteiger partial charge in [0.2, 0.25) is 0 Å². The molecule has 0 unspecified atom stereocenters. The molecule has 1 N–H and O–H groups in total. The Kier molecular flexibility index (Phi) is 3.56. The Labute approximate surface area is 83.2 Å². The monoisotopic (exact) mass is 197 g/mol. The van der Waals surface area contributed by atoms with Gasteiger partial charge in [-0.05, 0) is 13.3 Å². The van der Waals surface area contributed by atoms with E-state index in [-0.39, 0.29) is 5.97 Å². The zero-order chi connectivity index (χ0) is 10.6. The minimum atomic E-state index is -0.302. The van der Waals surface area contributed by atoms with Crippen LogP contribution < -0.4 is 4.74 Å². The van der Waals surface area contributed by atoms with Crippen LogP contribution >= 0.6 is 0 Å². The third kappa shape index (κ3) is 2.07. The summed E-state index contributed by atoms with van der Waals surface area (Å²) < 4.78 is 9.92. The van der Waals surface area contributed by atoms with Crippen LogP contribution in [0.25, 0.3) is 0 Å². The number of H-pyrrole nitrogens is 1. The highest BCUT2D eigenvalue weighted by Gasteiger charge is 2.15. The Morgan fingerprint density at radius 2 is 2.21 bits per heavy atom. The standard InChI is InChI=1S/C10H15NO3/c1-4-8-7(10(12)14-5-2)6-9(11-8)13-3/h6,11H,4-5H2,1-3H3. The molecule has 0 saturated carbocycles. The first-order valence-corrected chi connectivity index (χ1v) is 4.65. The van der Waals surface area contributed by atoms with E-state index in [0.717, 1.165) is 12.1 Å². The van der Waals surface area contributed by atoms with Crippen molar-refractivity contribution in [3.05, 3.63) is 17.3 Å². The molecule has 0 aliphatic rings. The first-order valence-electron chi connectivity index (χ1n) is 4.65. The van der Waals surface area contributed by atoms with Crippen molar-refractivity contribution in [1.29, 1.82) is 0 Å². The summed E-state index contributed by atoms with van der Waals surface area (Å²) in [6, 6.07) is 1.66.